The van der Waals surface area contributed by atoms with E-state index in [0.717, 1.165) is 57.9 Å². The van der Waals surface area contributed by atoms with Gasteiger partial charge in [-0.2, -0.15) is 0 Å². The lowest BCUT2D eigenvalue weighted by molar-refractivity contribution is -0.118. The molecule has 0 radical (unpaired) electrons. The smallest absolute Gasteiger partial charge is 0.255 e. The first-order valence-electron chi connectivity index (χ1n) is 8.62. The van der Waals surface area contributed by atoms with Crippen LogP contribution in [0.2, 0.25) is 0 Å². The zero-order valence-corrected chi connectivity index (χ0v) is 14.2. The molecule has 2 amide bonds. The van der Waals surface area contributed by atoms with E-state index >= 15 is 0 Å². The van der Waals surface area contributed by atoms with Gasteiger partial charge in [0.1, 0.15) is 0 Å². The van der Waals surface area contributed by atoms with E-state index in [1.807, 2.05) is 11.0 Å². The molecule has 1 aromatic rings. The molecule has 1 aromatic heterocycles. The Kier molecular flexibility index (Phi) is 5.30. The van der Waals surface area contributed by atoms with Crippen LogP contribution < -0.4 is 4.90 Å². The fourth-order valence-electron chi connectivity index (χ4n) is 3.25. The number of rotatable bonds is 4. The number of carbonyl (C=O) groups is 2. The predicted octanol–water partition coefficient (Wildman–Crippen LogP) is 0.138. The van der Waals surface area contributed by atoms with E-state index in [2.05, 4.69) is 21.7 Å². The lowest BCUT2D eigenvalue weighted by Crippen LogP contribution is -2.48. The van der Waals surface area contributed by atoms with Gasteiger partial charge in [-0.3, -0.25) is 14.6 Å². The molecule has 3 rings (SSSR count). The fraction of sp³-hybridized carbons (Fsp3) is 0.588. The van der Waals surface area contributed by atoms with E-state index in [0.29, 0.717) is 18.7 Å². The first kappa shape index (κ1) is 16.7. The maximum atomic E-state index is 12.7. The fourth-order valence-corrected chi connectivity index (χ4v) is 3.25. The second kappa shape index (κ2) is 7.61. The molecule has 0 spiro atoms. The minimum absolute atomic E-state index is 0.0617. The number of aromatic nitrogens is 1. The van der Waals surface area contributed by atoms with Gasteiger partial charge in [0.2, 0.25) is 6.41 Å². The van der Waals surface area contributed by atoms with Gasteiger partial charge in [0.05, 0.1) is 17.4 Å². The van der Waals surface area contributed by atoms with Crippen molar-refractivity contribution in [2.24, 2.45) is 0 Å². The van der Waals surface area contributed by atoms with Crippen LogP contribution >= 0.6 is 0 Å². The molecule has 7 heteroatoms. The summed E-state index contributed by atoms with van der Waals surface area (Å²) in [5.41, 5.74) is 1.61. The second-order valence-electron chi connectivity index (χ2n) is 6.29. The predicted molar refractivity (Wildman–Crippen MR) is 92.1 cm³/mol. The molecule has 0 aromatic carbocycles. The van der Waals surface area contributed by atoms with Crippen LogP contribution in [-0.2, 0) is 4.79 Å². The van der Waals surface area contributed by atoms with Crippen molar-refractivity contribution >= 4 is 18.0 Å². The quantitative estimate of drug-likeness (QED) is 0.735. The maximum Gasteiger partial charge on any atom is 0.255 e. The van der Waals surface area contributed by atoms with Crippen LogP contribution in [0.4, 0.5) is 5.69 Å². The van der Waals surface area contributed by atoms with Gasteiger partial charge in [-0.25, -0.2) is 0 Å². The van der Waals surface area contributed by atoms with Gasteiger partial charge in [-0.15, -0.1) is 0 Å². The Bertz CT molecular complexity index is 578. The van der Waals surface area contributed by atoms with Crippen LogP contribution in [0.3, 0.4) is 0 Å². The summed E-state index contributed by atoms with van der Waals surface area (Å²) in [6, 6.07) is 1.93. The molecule has 0 saturated carbocycles. The molecule has 2 aliphatic rings. The van der Waals surface area contributed by atoms with Crippen molar-refractivity contribution in [1.82, 2.24) is 19.7 Å². The van der Waals surface area contributed by atoms with Gasteiger partial charge in [0, 0.05) is 58.6 Å². The summed E-state index contributed by atoms with van der Waals surface area (Å²) in [6.07, 6.45) is 4.34. The van der Waals surface area contributed by atoms with Crippen molar-refractivity contribution < 1.29 is 9.59 Å². The Balaban J connectivity index is 1.65. The Morgan fingerprint density at radius 1 is 1.08 bits per heavy atom. The second-order valence-corrected chi connectivity index (χ2v) is 6.29. The monoisotopic (exact) mass is 331 g/mol. The normalized spacial score (nSPS) is 19.5. The lowest BCUT2D eigenvalue weighted by Gasteiger charge is -2.35. The van der Waals surface area contributed by atoms with Crippen LogP contribution in [0.5, 0.6) is 0 Å². The van der Waals surface area contributed by atoms with Crippen LogP contribution in [0.15, 0.2) is 18.5 Å². The SMILES string of the molecule is CCN1CCN(C(=O)c2cncc(N3CCN(C=O)CC3)c2)CC1. The summed E-state index contributed by atoms with van der Waals surface area (Å²) in [7, 11) is 0. The number of hydrogen-bond acceptors (Lipinski definition) is 5. The number of pyridine rings is 1. The van der Waals surface area contributed by atoms with Crippen LogP contribution in [0.25, 0.3) is 0 Å². The van der Waals surface area contributed by atoms with E-state index < -0.39 is 0 Å². The Labute approximate surface area is 142 Å². The van der Waals surface area contributed by atoms with Gasteiger partial charge in [0.25, 0.3) is 5.91 Å². The van der Waals surface area contributed by atoms with Crippen molar-refractivity contribution in [3.8, 4) is 0 Å². The minimum Gasteiger partial charge on any atom is -0.367 e. The molecule has 2 saturated heterocycles. The molecule has 0 aliphatic carbocycles. The summed E-state index contributed by atoms with van der Waals surface area (Å²) in [5, 5.41) is 0. The average Bonchev–Trinajstić information content (AvgIpc) is 2.67. The molecule has 0 atom stereocenters. The summed E-state index contributed by atoms with van der Waals surface area (Å²) in [5.74, 6) is 0.0617. The van der Waals surface area contributed by atoms with Gasteiger partial charge in [-0.05, 0) is 12.6 Å². The van der Waals surface area contributed by atoms with Gasteiger partial charge in [0.15, 0.2) is 0 Å². The van der Waals surface area contributed by atoms with Crippen molar-refractivity contribution in [3.05, 3.63) is 24.0 Å². The molecule has 0 bridgehead atoms. The van der Waals surface area contributed by atoms with Gasteiger partial charge in [-0.1, -0.05) is 6.92 Å². The third-order valence-electron chi connectivity index (χ3n) is 4.91. The molecule has 3 heterocycles. The third-order valence-corrected chi connectivity index (χ3v) is 4.91. The molecular formula is C17H25N5O2. The van der Waals surface area contributed by atoms with Gasteiger partial charge < -0.3 is 19.6 Å². The largest absolute Gasteiger partial charge is 0.367 e. The lowest BCUT2D eigenvalue weighted by atomic mass is 10.2. The van der Waals surface area contributed by atoms with Crippen molar-refractivity contribution in [3.63, 3.8) is 0 Å². The molecule has 2 fully saturated rings. The third kappa shape index (κ3) is 3.67. The number of piperazine rings is 2. The molecule has 7 nitrogen and oxygen atoms in total. The molecule has 130 valence electrons. The highest BCUT2D eigenvalue weighted by molar-refractivity contribution is 5.94. The van der Waals surface area contributed by atoms with Crippen LogP contribution in [0, 0.1) is 0 Å². The molecule has 24 heavy (non-hydrogen) atoms. The summed E-state index contributed by atoms with van der Waals surface area (Å²) < 4.78 is 0. The topological polar surface area (TPSA) is 60.0 Å². The minimum atomic E-state index is 0.0617. The highest BCUT2D eigenvalue weighted by Crippen LogP contribution is 2.18. The van der Waals surface area contributed by atoms with E-state index in [4.69, 9.17) is 0 Å². The van der Waals surface area contributed by atoms with Crippen LogP contribution in [0.1, 0.15) is 17.3 Å². The van der Waals surface area contributed by atoms with Crippen molar-refractivity contribution in [2.75, 3.05) is 63.8 Å². The number of likely N-dealkylation sites (N-methyl/N-ethyl adjacent to an activating group) is 1. The van der Waals surface area contributed by atoms with E-state index in [1.54, 1.807) is 17.3 Å². The summed E-state index contributed by atoms with van der Waals surface area (Å²) in [4.78, 5) is 36.0. The van der Waals surface area contributed by atoms with E-state index in [-0.39, 0.29) is 5.91 Å². The molecule has 0 unspecified atom stereocenters. The zero-order chi connectivity index (χ0) is 16.9. The zero-order valence-electron chi connectivity index (χ0n) is 14.2. The Morgan fingerprint density at radius 2 is 1.79 bits per heavy atom. The van der Waals surface area contributed by atoms with E-state index in [9.17, 15) is 9.59 Å². The maximum absolute atomic E-state index is 12.7. The van der Waals surface area contributed by atoms with Crippen LogP contribution in [-0.4, -0.2) is 90.9 Å². The highest BCUT2D eigenvalue weighted by atomic mass is 16.2. The van der Waals surface area contributed by atoms with E-state index in [1.165, 1.54) is 0 Å². The van der Waals surface area contributed by atoms with Crippen molar-refractivity contribution in [2.45, 2.75) is 6.92 Å². The standard InChI is InChI=1S/C17H25N5O2/c1-2-19-3-9-22(10-4-19)17(24)15-11-16(13-18-12-15)21-7-5-20(14-23)6-8-21/h11-14H,2-10H2,1H3. The van der Waals surface area contributed by atoms with Crippen molar-refractivity contribution in [1.29, 1.82) is 0 Å². The molecule has 0 N–H and O–H groups in total. The van der Waals surface area contributed by atoms with Gasteiger partial charge >= 0.3 is 0 Å². The number of nitrogens with zero attached hydrogens (tertiary/aromatic N) is 5. The number of amides is 2. The summed E-state index contributed by atoms with van der Waals surface area (Å²) >= 11 is 0. The number of hydrogen-bond donors (Lipinski definition) is 0. The molecule has 2 aliphatic heterocycles. The first-order chi connectivity index (χ1) is 11.7. The average molecular weight is 331 g/mol. The Hall–Kier alpha value is -2.15. The summed E-state index contributed by atoms with van der Waals surface area (Å²) in [6.45, 7) is 9.55. The highest BCUT2D eigenvalue weighted by Gasteiger charge is 2.23. The number of carbonyl (C=O) groups excluding carboxylic acids is 2. The molecular weight excluding hydrogens is 306 g/mol. The Morgan fingerprint density at radius 3 is 2.42 bits per heavy atom. The first-order valence-corrected chi connectivity index (χ1v) is 8.62. The number of anilines is 1.